The highest BCUT2D eigenvalue weighted by molar-refractivity contribution is 5.92. The van der Waals surface area contributed by atoms with E-state index in [0.717, 1.165) is 31.6 Å². The summed E-state index contributed by atoms with van der Waals surface area (Å²) in [6.45, 7) is 7.79. The number of likely N-dealkylation sites (tertiary alicyclic amines) is 1. The van der Waals surface area contributed by atoms with Gasteiger partial charge in [-0.15, -0.1) is 0 Å². The highest BCUT2D eigenvalue weighted by Gasteiger charge is 2.24. The minimum atomic E-state index is -0.100. The molecular weight excluding hydrogens is 252 g/mol. The molecule has 1 aliphatic heterocycles. The molecule has 0 radical (unpaired) electrons. The van der Waals surface area contributed by atoms with E-state index in [2.05, 4.69) is 29.0 Å². The Morgan fingerprint density at radius 3 is 2.90 bits per heavy atom. The molecule has 1 amide bonds. The van der Waals surface area contributed by atoms with Crippen molar-refractivity contribution < 1.29 is 4.79 Å². The lowest BCUT2D eigenvalue weighted by molar-refractivity contribution is 0.0942. The van der Waals surface area contributed by atoms with E-state index < -0.39 is 0 Å². The van der Waals surface area contributed by atoms with Gasteiger partial charge in [-0.05, 0) is 44.4 Å². The van der Waals surface area contributed by atoms with Crippen LogP contribution in [0.2, 0.25) is 0 Å². The predicted molar refractivity (Wildman–Crippen MR) is 79.3 cm³/mol. The van der Waals surface area contributed by atoms with Crippen molar-refractivity contribution in [3.8, 4) is 0 Å². The fourth-order valence-electron chi connectivity index (χ4n) is 2.51. The number of hydrogen-bond donors (Lipinski definition) is 2. The van der Waals surface area contributed by atoms with E-state index in [0.29, 0.717) is 24.2 Å². The van der Waals surface area contributed by atoms with Crippen LogP contribution in [0.3, 0.4) is 0 Å². The third-order valence-corrected chi connectivity index (χ3v) is 3.89. The number of carbonyl (C=O) groups is 1. The molecule has 2 rings (SSSR count). The highest BCUT2D eigenvalue weighted by Crippen LogP contribution is 2.17. The molecule has 0 saturated carbocycles. The first-order valence-electron chi connectivity index (χ1n) is 7.27. The van der Waals surface area contributed by atoms with Gasteiger partial charge in [0.1, 0.15) is 5.69 Å². The molecule has 1 saturated heterocycles. The van der Waals surface area contributed by atoms with Gasteiger partial charge in [0.05, 0.1) is 0 Å². The molecule has 5 heteroatoms. The molecule has 1 fully saturated rings. The van der Waals surface area contributed by atoms with Crippen molar-refractivity contribution in [2.45, 2.75) is 32.9 Å². The summed E-state index contributed by atoms with van der Waals surface area (Å²) < 4.78 is 0. The summed E-state index contributed by atoms with van der Waals surface area (Å²) in [7, 11) is 0. The minimum absolute atomic E-state index is 0.100. The zero-order valence-electron chi connectivity index (χ0n) is 12.3. The first kappa shape index (κ1) is 14.9. The average Bonchev–Trinajstić information content (AvgIpc) is 2.94. The molecule has 0 aromatic carbocycles. The zero-order valence-corrected chi connectivity index (χ0v) is 12.3. The fraction of sp³-hybridized carbons (Fsp3) is 0.600. The van der Waals surface area contributed by atoms with Crippen LogP contribution in [0, 0.1) is 5.92 Å². The number of carbonyl (C=O) groups excluding carboxylic acids is 1. The van der Waals surface area contributed by atoms with E-state index in [1.165, 1.54) is 0 Å². The van der Waals surface area contributed by atoms with Gasteiger partial charge >= 0.3 is 0 Å². The number of aromatic nitrogens is 1. The molecule has 1 aromatic rings. The number of amides is 1. The second kappa shape index (κ2) is 6.81. The second-order valence-electron chi connectivity index (χ2n) is 5.71. The normalized spacial score (nSPS) is 19.5. The van der Waals surface area contributed by atoms with Crippen LogP contribution in [0.15, 0.2) is 18.3 Å². The van der Waals surface area contributed by atoms with Gasteiger partial charge in [-0.25, -0.2) is 0 Å². The Morgan fingerprint density at radius 2 is 2.35 bits per heavy atom. The molecule has 2 heterocycles. The van der Waals surface area contributed by atoms with Crippen LogP contribution in [-0.4, -0.2) is 41.5 Å². The largest absolute Gasteiger partial charge is 0.350 e. The zero-order chi connectivity index (χ0) is 14.5. The Hall–Kier alpha value is -1.46. The first-order valence-corrected chi connectivity index (χ1v) is 7.27. The number of pyridine rings is 1. The van der Waals surface area contributed by atoms with E-state index in [9.17, 15) is 4.79 Å². The van der Waals surface area contributed by atoms with Crippen LogP contribution in [0.5, 0.6) is 0 Å². The molecule has 5 nitrogen and oxygen atoms in total. The first-order chi connectivity index (χ1) is 9.60. The third kappa shape index (κ3) is 3.77. The van der Waals surface area contributed by atoms with Crippen LogP contribution in [0.25, 0.3) is 0 Å². The summed E-state index contributed by atoms with van der Waals surface area (Å²) in [5, 5.41) is 2.98. The quantitative estimate of drug-likeness (QED) is 0.841. The van der Waals surface area contributed by atoms with Crippen molar-refractivity contribution in [3.63, 3.8) is 0 Å². The van der Waals surface area contributed by atoms with Gasteiger partial charge in [-0.2, -0.15) is 0 Å². The summed E-state index contributed by atoms with van der Waals surface area (Å²) in [5.74, 6) is 0.446. The van der Waals surface area contributed by atoms with Crippen LogP contribution < -0.4 is 11.1 Å². The molecule has 110 valence electrons. The SMILES string of the molecule is CC(C)N1CCC(CNC(=O)c2ccc(CN)cn2)C1. The number of rotatable bonds is 5. The maximum atomic E-state index is 12.0. The van der Waals surface area contributed by atoms with E-state index >= 15 is 0 Å². The molecule has 1 unspecified atom stereocenters. The van der Waals surface area contributed by atoms with Gasteiger partial charge in [-0.1, -0.05) is 6.07 Å². The number of nitrogens with two attached hydrogens (primary N) is 1. The Kier molecular flexibility index (Phi) is 5.09. The van der Waals surface area contributed by atoms with Crippen LogP contribution in [-0.2, 0) is 6.54 Å². The molecule has 1 aromatic heterocycles. The van der Waals surface area contributed by atoms with Crippen molar-refractivity contribution in [1.29, 1.82) is 0 Å². The Bertz CT molecular complexity index is 444. The smallest absolute Gasteiger partial charge is 0.269 e. The highest BCUT2D eigenvalue weighted by atomic mass is 16.1. The summed E-state index contributed by atoms with van der Waals surface area (Å²) in [5.41, 5.74) is 6.90. The van der Waals surface area contributed by atoms with Gasteiger partial charge in [0.15, 0.2) is 0 Å². The Balaban J connectivity index is 1.80. The Labute approximate surface area is 120 Å². The van der Waals surface area contributed by atoms with Crippen LogP contribution in [0.4, 0.5) is 0 Å². The summed E-state index contributed by atoms with van der Waals surface area (Å²) in [6, 6.07) is 4.16. The summed E-state index contributed by atoms with van der Waals surface area (Å²) in [4.78, 5) is 18.6. The van der Waals surface area contributed by atoms with Gasteiger partial charge < -0.3 is 16.0 Å². The van der Waals surface area contributed by atoms with Crippen LogP contribution in [0.1, 0.15) is 36.3 Å². The molecule has 0 aliphatic carbocycles. The third-order valence-electron chi connectivity index (χ3n) is 3.89. The van der Waals surface area contributed by atoms with E-state index in [1.54, 1.807) is 12.3 Å². The van der Waals surface area contributed by atoms with Gasteiger partial charge in [-0.3, -0.25) is 9.78 Å². The molecule has 3 N–H and O–H groups in total. The molecule has 1 aliphatic rings. The maximum Gasteiger partial charge on any atom is 0.269 e. The minimum Gasteiger partial charge on any atom is -0.350 e. The van der Waals surface area contributed by atoms with E-state index in [1.807, 2.05) is 6.07 Å². The monoisotopic (exact) mass is 276 g/mol. The average molecular weight is 276 g/mol. The summed E-state index contributed by atoms with van der Waals surface area (Å²) >= 11 is 0. The molecule has 0 spiro atoms. The molecule has 0 bridgehead atoms. The van der Waals surface area contributed by atoms with Gasteiger partial charge in [0.25, 0.3) is 5.91 Å². The lowest BCUT2D eigenvalue weighted by Gasteiger charge is -2.20. The van der Waals surface area contributed by atoms with E-state index in [4.69, 9.17) is 5.73 Å². The van der Waals surface area contributed by atoms with Crippen molar-refractivity contribution in [3.05, 3.63) is 29.6 Å². The van der Waals surface area contributed by atoms with Crippen molar-refractivity contribution in [2.24, 2.45) is 11.7 Å². The van der Waals surface area contributed by atoms with E-state index in [-0.39, 0.29) is 5.91 Å². The predicted octanol–water partition coefficient (Wildman–Crippen LogP) is 1.00. The van der Waals surface area contributed by atoms with Crippen molar-refractivity contribution in [2.75, 3.05) is 19.6 Å². The van der Waals surface area contributed by atoms with Crippen LogP contribution >= 0.6 is 0 Å². The topological polar surface area (TPSA) is 71.2 Å². The number of hydrogen-bond acceptors (Lipinski definition) is 4. The maximum absolute atomic E-state index is 12.0. The number of nitrogens with one attached hydrogen (secondary N) is 1. The summed E-state index contributed by atoms with van der Waals surface area (Å²) in [6.07, 6.45) is 2.81. The van der Waals surface area contributed by atoms with Crippen molar-refractivity contribution in [1.82, 2.24) is 15.2 Å². The standard InChI is InChI=1S/C15H24N4O/c1-11(2)19-6-5-13(10-19)9-18-15(20)14-4-3-12(7-16)8-17-14/h3-4,8,11,13H,5-7,9-10,16H2,1-2H3,(H,18,20). The lowest BCUT2D eigenvalue weighted by Crippen LogP contribution is -2.33. The molecule has 20 heavy (non-hydrogen) atoms. The van der Waals surface area contributed by atoms with Gasteiger partial charge in [0, 0.05) is 31.9 Å². The second-order valence-corrected chi connectivity index (χ2v) is 5.71. The molecular formula is C15H24N4O. The fourth-order valence-corrected chi connectivity index (χ4v) is 2.51. The van der Waals surface area contributed by atoms with Gasteiger partial charge in [0.2, 0.25) is 0 Å². The molecule has 1 atom stereocenters. The Morgan fingerprint density at radius 1 is 1.55 bits per heavy atom. The van der Waals surface area contributed by atoms with Crippen molar-refractivity contribution >= 4 is 5.91 Å². The number of nitrogens with zero attached hydrogens (tertiary/aromatic N) is 2. The lowest BCUT2D eigenvalue weighted by atomic mass is 10.1.